The van der Waals surface area contributed by atoms with Gasteiger partial charge in [0.2, 0.25) is 5.78 Å². The summed E-state index contributed by atoms with van der Waals surface area (Å²) in [5.41, 5.74) is 0.936. The Labute approximate surface area is 146 Å². The van der Waals surface area contributed by atoms with Crippen molar-refractivity contribution in [3.8, 4) is 5.75 Å². The summed E-state index contributed by atoms with van der Waals surface area (Å²) in [6.45, 7) is -0.387. The lowest BCUT2D eigenvalue weighted by Crippen LogP contribution is -2.13. The number of esters is 1. The summed E-state index contributed by atoms with van der Waals surface area (Å²) in [6.07, 6.45) is 0. The molecule has 2 aromatic carbocycles. The third-order valence-corrected chi connectivity index (χ3v) is 4.04. The van der Waals surface area contributed by atoms with Gasteiger partial charge in [0.1, 0.15) is 11.3 Å². The third-order valence-electron chi connectivity index (χ3n) is 3.42. The number of halogens is 1. The van der Waals surface area contributed by atoms with Crippen LogP contribution in [-0.4, -0.2) is 25.5 Å². The van der Waals surface area contributed by atoms with E-state index in [1.54, 1.807) is 30.3 Å². The van der Waals surface area contributed by atoms with Crippen molar-refractivity contribution in [3.05, 3.63) is 64.3 Å². The zero-order valence-corrected chi connectivity index (χ0v) is 14.3. The minimum Gasteiger partial charge on any atom is -0.496 e. The predicted molar refractivity (Wildman–Crippen MR) is 91.5 cm³/mol. The molecule has 6 heteroatoms. The number of ether oxygens (including phenoxy) is 2. The Morgan fingerprint density at radius 2 is 1.92 bits per heavy atom. The maximum atomic E-state index is 12.1. The lowest BCUT2D eigenvalue weighted by molar-refractivity contribution is 0.0468. The fraction of sp³-hybridized carbons (Fsp3) is 0.111. The highest BCUT2D eigenvalue weighted by Crippen LogP contribution is 2.26. The number of ketones is 1. The highest BCUT2D eigenvalue weighted by molar-refractivity contribution is 9.10. The fourth-order valence-electron chi connectivity index (χ4n) is 2.20. The number of benzene rings is 2. The molecule has 0 aliphatic rings. The van der Waals surface area contributed by atoms with Crippen LogP contribution in [0.3, 0.4) is 0 Å². The summed E-state index contributed by atoms with van der Waals surface area (Å²) >= 11 is 3.30. The van der Waals surface area contributed by atoms with Gasteiger partial charge in [0, 0.05) is 5.39 Å². The monoisotopic (exact) mass is 388 g/mol. The van der Waals surface area contributed by atoms with Gasteiger partial charge in [-0.05, 0) is 46.3 Å². The van der Waals surface area contributed by atoms with Gasteiger partial charge in [-0.3, -0.25) is 4.79 Å². The first-order valence-corrected chi connectivity index (χ1v) is 7.90. The number of hydrogen-bond donors (Lipinski definition) is 0. The summed E-state index contributed by atoms with van der Waals surface area (Å²) < 4.78 is 16.2. The minimum absolute atomic E-state index is 0.167. The highest BCUT2D eigenvalue weighted by Gasteiger charge is 2.16. The molecule has 122 valence electrons. The lowest BCUT2D eigenvalue weighted by atomic mass is 10.2. The molecule has 0 fully saturated rings. The molecular formula is C18H13BrO5. The van der Waals surface area contributed by atoms with Gasteiger partial charge in [-0.25, -0.2) is 4.79 Å². The Balaban J connectivity index is 1.67. The molecule has 0 bridgehead atoms. The number of fused-ring (bicyclic) bond motifs is 1. The van der Waals surface area contributed by atoms with E-state index >= 15 is 0 Å². The third kappa shape index (κ3) is 3.33. The molecular weight excluding hydrogens is 376 g/mol. The molecule has 1 heterocycles. The van der Waals surface area contributed by atoms with E-state index in [4.69, 9.17) is 13.9 Å². The van der Waals surface area contributed by atoms with Crippen molar-refractivity contribution in [1.82, 2.24) is 0 Å². The van der Waals surface area contributed by atoms with Crippen LogP contribution < -0.4 is 4.74 Å². The molecule has 0 unspecified atom stereocenters. The Morgan fingerprint density at radius 3 is 2.62 bits per heavy atom. The smallest absolute Gasteiger partial charge is 0.338 e. The number of para-hydroxylation sites is 1. The first kappa shape index (κ1) is 16.3. The molecule has 0 radical (unpaired) electrons. The Kier molecular flexibility index (Phi) is 4.66. The molecule has 0 N–H and O–H groups in total. The molecule has 0 saturated heterocycles. The topological polar surface area (TPSA) is 65.7 Å². The lowest BCUT2D eigenvalue weighted by Gasteiger charge is -2.06. The molecule has 0 aliphatic heterocycles. The SMILES string of the molecule is COc1ccc(C(=O)OCC(=O)c2cc3ccccc3o2)cc1Br. The first-order chi connectivity index (χ1) is 11.6. The van der Waals surface area contributed by atoms with Crippen molar-refractivity contribution in [3.63, 3.8) is 0 Å². The van der Waals surface area contributed by atoms with Crippen LogP contribution in [-0.2, 0) is 4.74 Å². The van der Waals surface area contributed by atoms with Gasteiger partial charge in [-0.2, -0.15) is 0 Å². The van der Waals surface area contributed by atoms with Gasteiger partial charge in [-0.1, -0.05) is 18.2 Å². The van der Waals surface area contributed by atoms with Crippen LogP contribution in [0, 0.1) is 0 Å². The second-order valence-corrected chi connectivity index (χ2v) is 5.85. The van der Waals surface area contributed by atoms with E-state index in [2.05, 4.69) is 15.9 Å². The molecule has 0 amide bonds. The molecule has 24 heavy (non-hydrogen) atoms. The highest BCUT2D eigenvalue weighted by atomic mass is 79.9. The van der Waals surface area contributed by atoms with Crippen LogP contribution in [0.4, 0.5) is 0 Å². The first-order valence-electron chi connectivity index (χ1n) is 7.11. The van der Waals surface area contributed by atoms with E-state index in [1.807, 2.05) is 18.2 Å². The van der Waals surface area contributed by atoms with E-state index in [-0.39, 0.29) is 12.4 Å². The van der Waals surface area contributed by atoms with Crippen molar-refractivity contribution in [2.45, 2.75) is 0 Å². The van der Waals surface area contributed by atoms with Crippen LogP contribution >= 0.6 is 15.9 Å². The summed E-state index contributed by atoms with van der Waals surface area (Å²) in [6, 6.07) is 13.7. The molecule has 5 nitrogen and oxygen atoms in total. The van der Waals surface area contributed by atoms with E-state index in [0.29, 0.717) is 21.4 Å². The molecule has 3 rings (SSSR count). The van der Waals surface area contributed by atoms with Gasteiger partial charge < -0.3 is 13.9 Å². The number of Topliss-reactive ketones (excluding diaryl/α,β-unsaturated/α-hetero) is 1. The Morgan fingerprint density at radius 1 is 1.12 bits per heavy atom. The maximum Gasteiger partial charge on any atom is 0.338 e. The molecule has 0 spiro atoms. The van der Waals surface area contributed by atoms with Gasteiger partial charge in [0.05, 0.1) is 17.1 Å². The van der Waals surface area contributed by atoms with Crippen LogP contribution in [0.15, 0.2) is 57.4 Å². The van der Waals surface area contributed by atoms with Crippen molar-refractivity contribution in [2.75, 3.05) is 13.7 Å². The summed E-state index contributed by atoms with van der Waals surface area (Å²) in [5.74, 6) is -0.222. The normalized spacial score (nSPS) is 10.6. The predicted octanol–water partition coefficient (Wildman–Crippen LogP) is 4.24. The molecule has 0 aliphatic carbocycles. The van der Waals surface area contributed by atoms with Crippen LogP contribution in [0.2, 0.25) is 0 Å². The van der Waals surface area contributed by atoms with E-state index in [0.717, 1.165) is 5.39 Å². The van der Waals surface area contributed by atoms with Crippen molar-refractivity contribution >= 4 is 38.7 Å². The molecule has 1 aromatic heterocycles. The molecule has 0 atom stereocenters. The number of hydrogen-bond acceptors (Lipinski definition) is 5. The second-order valence-electron chi connectivity index (χ2n) is 5.00. The summed E-state index contributed by atoms with van der Waals surface area (Å²) in [4.78, 5) is 24.2. The molecule has 0 saturated carbocycles. The number of furan rings is 1. The van der Waals surface area contributed by atoms with Crippen LogP contribution in [0.1, 0.15) is 20.9 Å². The number of carbonyl (C=O) groups excluding carboxylic acids is 2. The average molecular weight is 389 g/mol. The van der Waals surface area contributed by atoms with Crippen molar-refractivity contribution in [1.29, 1.82) is 0 Å². The standard InChI is InChI=1S/C18H13BrO5/c1-22-16-7-6-12(8-13(16)19)18(21)23-10-14(20)17-9-11-4-2-3-5-15(11)24-17/h2-9H,10H2,1H3. The number of methoxy groups -OCH3 is 1. The molecule has 3 aromatic rings. The van der Waals surface area contributed by atoms with Gasteiger partial charge in [0.15, 0.2) is 12.4 Å². The van der Waals surface area contributed by atoms with Gasteiger partial charge in [0.25, 0.3) is 0 Å². The summed E-state index contributed by atoms with van der Waals surface area (Å²) in [7, 11) is 1.53. The van der Waals surface area contributed by atoms with Crippen molar-refractivity contribution < 1.29 is 23.5 Å². The Bertz CT molecular complexity index is 880. The van der Waals surface area contributed by atoms with Gasteiger partial charge in [-0.15, -0.1) is 0 Å². The quantitative estimate of drug-likeness (QED) is 0.482. The summed E-state index contributed by atoms with van der Waals surface area (Å²) in [5, 5.41) is 0.825. The largest absolute Gasteiger partial charge is 0.496 e. The number of rotatable bonds is 5. The zero-order chi connectivity index (χ0) is 17.1. The van der Waals surface area contributed by atoms with E-state index < -0.39 is 11.8 Å². The van der Waals surface area contributed by atoms with Crippen LogP contribution in [0.25, 0.3) is 11.0 Å². The minimum atomic E-state index is -0.595. The van der Waals surface area contributed by atoms with E-state index in [1.165, 1.54) is 7.11 Å². The fourth-order valence-corrected chi connectivity index (χ4v) is 2.74. The van der Waals surface area contributed by atoms with Crippen molar-refractivity contribution in [2.24, 2.45) is 0 Å². The zero-order valence-electron chi connectivity index (χ0n) is 12.7. The van der Waals surface area contributed by atoms with Crippen LogP contribution in [0.5, 0.6) is 5.75 Å². The number of carbonyl (C=O) groups is 2. The average Bonchev–Trinajstić information content (AvgIpc) is 3.03. The second kappa shape index (κ2) is 6.88. The van der Waals surface area contributed by atoms with Gasteiger partial charge >= 0.3 is 5.97 Å². The Hall–Kier alpha value is -2.60. The maximum absolute atomic E-state index is 12.1. The van der Waals surface area contributed by atoms with E-state index in [9.17, 15) is 9.59 Å².